The van der Waals surface area contributed by atoms with E-state index in [1.165, 1.54) is 16.8 Å². The highest BCUT2D eigenvalue weighted by Crippen LogP contribution is 2.26. The minimum atomic E-state index is -0.208. The molecule has 0 aliphatic heterocycles. The summed E-state index contributed by atoms with van der Waals surface area (Å²) in [5.41, 5.74) is 5.90. The van der Waals surface area contributed by atoms with E-state index in [4.69, 9.17) is 5.73 Å². The maximum absolute atomic E-state index is 12.0. The number of nitrogen functional groups attached to an aromatic ring is 1. The van der Waals surface area contributed by atoms with Crippen molar-refractivity contribution in [1.82, 2.24) is 9.88 Å². The van der Waals surface area contributed by atoms with Crippen LogP contribution in [0.15, 0.2) is 23.1 Å². The van der Waals surface area contributed by atoms with E-state index in [-0.39, 0.29) is 24.1 Å². The minimum absolute atomic E-state index is 0.0341. The van der Waals surface area contributed by atoms with Crippen molar-refractivity contribution in [3.63, 3.8) is 0 Å². The van der Waals surface area contributed by atoms with E-state index in [9.17, 15) is 9.59 Å². The Morgan fingerprint density at radius 3 is 2.75 bits per heavy atom. The van der Waals surface area contributed by atoms with E-state index in [2.05, 4.69) is 11.6 Å². The molecule has 1 saturated carbocycles. The first kappa shape index (κ1) is 15.0. The van der Waals surface area contributed by atoms with Gasteiger partial charge in [-0.05, 0) is 38.0 Å². The Balaban J connectivity index is 1.87. The van der Waals surface area contributed by atoms with Gasteiger partial charge in [-0.3, -0.25) is 9.59 Å². The standard InChI is InChI=1S/C14H21N3O2S/c1-20-12-5-3-11(4-6-12)16-13(18)9-17-8-10(15)2-7-14(17)19/h2,7-8,11-12H,3-6,9,15H2,1H3,(H,16,18). The second kappa shape index (κ2) is 6.83. The number of aromatic nitrogens is 1. The predicted molar refractivity (Wildman–Crippen MR) is 82.8 cm³/mol. The first-order valence-electron chi connectivity index (χ1n) is 6.86. The number of hydrogen-bond acceptors (Lipinski definition) is 4. The summed E-state index contributed by atoms with van der Waals surface area (Å²) in [5.74, 6) is -0.120. The number of carbonyl (C=O) groups excluding carboxylic acids is 1. The molecule has 1 aromatic heterocycles. The molecule has 1 aliphatic carbocycles. The number of pyridine rings is 1. The maximum atomic E-state index is 12.0. The molecule has 1 aliphatic rings. The van der Waals surface area contributed by atoms with Crippen molar-refractivity contribution in [2.45, 2.75) is 43.5 Å². The smallest absolute Gasteiger partial charge is 0.251 e. The summed E-state index contributed by atoms with van der Waals surface area (Å²) in [5, 5.41) is 3.73. The first-order valence-corrected chi connectivity index (χ1v) is 8.15. The van der Waals surface area contributed by atoms with Gasteiger partial charge in [0.05, 0.1) is 0 Å². The number of rotatable bonds is 4. The normalized spacial score (nSPS) is 22.4. The van der Waals surface area contributed by atoms with Crippen LogP contribution in [0.4, 0.5) is 5.69 Å². The molecule has 1 aromatic rings. The van der Waals surface area contributed by atoms with E-state index in [1.54, 1.807) is 6.07 Å². The van der Waals surface area contributed by atoms with Gasteiger partial charge in [0.1, 0.15) is 6.54 Å². The molecule has 1 amide bonds. The Kier molecular flexibility index (Phi) is 5.11. The highest BCUT2D eigenvalue weighted by atomic mass is 32.2. The lowest BCUT2D eigenvalue weighted by Gasteiger charge is -2.28. The molecule has 0 radical (unpaired) electrons. The zero-order valence-electron chi connectivity index (χ0n) is 11.7. The molecule has 20 heavy (non-hydrogen) atoms. The number of carbonyl (C=O) groups is 1. The molecule has 6 heteroatoms. The molecule has 2 rings (SSSR count). The summed E-state index contributed by atoms with van der Waals surface area (Å²) in [6, 6.07) is 3.16. The molecule has 0 spiro atoms. The molecular weight excluding hydrogens is 274 g/mol. The van der Waals surface area contributed by atoms with Crippen LogP contribution in [0.3, 0.4) is 0 Å². The fourth-order valence-electron chi connectivity index (χ4n) is 2.54. The Morgan fingerprint density at radius 2 is 2.10 bits per heavy atom. The second-order valence-electron chi connectivity index (χ2n) is 5.21. The van der Waals surface area contributed by atoms with Gasteiger partial charge in [-0.1, -0.05) is 0 Å². The fourth-order valence-corrected chi connectivity index (χ4v) is 3.29. The van der Waals surface area contributed by atoms with Gasteiger partial charge in [-0.15, -0.1) is 0 Å². The summed E-state index contributed by atoms with van der Waals surface area (Å²) in [7, 11) is 0. The highest BCUT2D eigenvalue weighted by molar-refractivity contribution is 7.99. The molecule has 0 saturated heterocycles. The van der Waals surface area contributed by atoms with Gasteiger partial charge in [-0.2, -0.15) is 11.8 Å². The average Bonchev–Trinajstić information content (AvgIpc) is 2.43. The number of nitrogens with one attached hydrogen (secondary N) is 1. The summed E-state index contributed by atoms with van der Waals surface area (Å²) in [6.07, 6.45) is 7.96. The van der Waals surface area contributed by atoms with Crippen LogP contribution in [-0.2, 0) is 11.3 Å². The van der Waals surface area contributed by atoms with Gasteiger partial charge in [0.15, 0.2) is 0 Å². The van der Waals surface area contributed by atoms with Gasteiger partial charge >= 0.3 is 0 Å². The highest BCUT2D eigenvalue weighted by Gasteiger charge is 2.21. The number of anilines is 1. The quantitative estimate of drug-likeness (QED) is 0.875. The lowest BCUT2D eigenvalue weighted by molar-refractivity contribution is -0.122. The van der Waals surface area contributed by atoms with Crippen molar-refractivity contribution in [3.05, 3.63) is 28.7 Å². The molecule has 1 fully saturated rings. The molecule has 0 atom stereocenters. The lowest BCUT2D eigenvalue weighted by atomic mass is 9.95. The van der Waals surface area contributed by atoms with Crippen LogP contribution in [-0.4, -0.2) is 28.0 Å². The number of hydrogen-bond donors (Lipinski definition) is 2. The van der Waals surface area contributed by atoms with Crippen LogP contribution < -0.4 is 16.6 Å². The molecule has 5 nitrogen and oxygen atoms in total. The van der Waals surface area contributed by atoms with Crippen molar-refractivity contribution in [2.75, 3.05) is 12.0 Å². The van der Waals surface area contributed by atoms with E-state index in [0.717, 1.165) is 30.9 Å². The zero-order valence-corrected chi connectivity index (χ0v) is 12.5. The Labute approximate surface area is 122 Å². The second-order valence-corrected chi connectivity index (χ2v) is 6.34. The van der Waals surface area contributed by atoms with Crippen molar-refractivity contribution < 1.29 is 4.79 Å². The third-order valence-corrected chi connectivity index (χ3v) is 4.83. The van der Waals surface area contributed by atoms with E-state index in [1.807, 2.05) is 11.8 Å². The minimum Gasteiger partial charge on any atom is -0.398 e. The largest absolute Gasteiger partial charge is 0.398 e. The first-order chi connectivity index (χ1) is 9.58. The maximum Gasteiger partial charge on any atom is 0.251 e. The van der Waals surface area contributed by atoms with Crippen LogP contribution in [0.2, 0.25) is 0 Å². The van der Waals surface area contributed by atoms with Crippen LogP contribution in [0.5, 0.6) is 0 Å². The van der Waals surface area contributed by atoms with Crippen LogP contribution in [0.25, 0.3) is 0 Å². The zero-order chi connectivity index (χ0) is 14.5. The monoisotopic (exact) mass is 295 g/mol. The Morgan fingerprint density at radius 1 is 1.40 bits per heavy atom. The molecule has 1 heterocycles. The lowest BCUT2D eigenvalue weighted by Crippen LogP contribution is -2.41. The third kappa shape index (κ3) is 4.03. The molecule has 0 unspecified atom stereocenters. The summed E-state index contributed by atoms with van der Waals surface area (Å²) in [6.45, 7) is 0.0341. The van der Waals surface area contributed by atoms with Crippen LogP contribution in [0, 0.1) is 0 Å². The summed E-state index contributed by atoms with van der Waals surface area (Å²) in [4.78, 5) is 23.6. The molecule has 3 N–H and O–H groups in total. The Bertz CT molecular complexity index is 521. The molecular formula is C14H21N3O2S. The van der Waals surface area contributed by atoms with Gasteiger partial charge in [-0.25, -0.2) is 0 Å². The van der Waals surface area contributed by atoms with Gasteiger partial charge in [0, 0.05) is 29.2 Å². The fraction of sp³-hybridized carbons (Fsp3) is 0.571. The summed E-state index contributed by atoms with van der Waals surface area (Å²) < 4.78 is 1.35. The predicted octanol–water partition coefficient (Wildman–Crippen LogP) is 1.22. The third-order valence-electron chi connectivity index (χ3n) is 3.69. The number of nitrogens with zero attached hydrogens (tertiary/aromatic N) is 1. The van der Waals surface area contributed by atoms with E-state index in [0.29, 0.717) is 5.69 Å². The molecule has 0 bridgehead atoms. The number of amides is 1. The van der Waals surface area contributed by atoms with Gasteiger partial charge in [0.2, 0.25) is 5.91 Å². The van der Waals surface area contributed by atoms with Gasteiger partial charge in [0.25, 0.3) is 5.56 Å². The molecule has 110 valence electrons. The number of thioether (sulfide) groups is 1. The topological polar surface area (TPSA) is 77.1 Å². The van der Waals surface area contributed by atoms with E-state index < -0.39 is 0 Å². The van der Waals surface area contributed by atoms with Crippen molar-refractivity contribution >= 4 is 23.4 Å². The van der Waals surface area contributed by atoms with Gasteiger partial charge < -0.3 is 15.6 Å². The molecule has 0 aromatic carbocycles. The number of nitrogens with two attached hydrogens (primary N) is 1. The van der Waals surface area contributed by atoms with Crippen molar-refractivity contribution in [1.29, 1.82) is 0 Å². The Hall–Kier alpha value is -1.43. The van der Waals surface area contributed by atoms with E-state index >= 15 is 0 Å². The van der Waals surface area contributed by atoms with Crippen LogP contribution >= 0.6 is 11.8 Å². The summed E-state index contributed by atoms with van der Waals surface area (Å²) >= 11 is 1.90. The van der Waals surface area contributed by atoms with Crippen LogP contribution in [0.1, 0.15) is 25.7 Å². The SMILES string of the molecule is CSC1CCC(NC(=O)Cn2cc(N)ccc2=O)CC1. The average molecular weight is 295 g/mol. The van der Waals surface area contributed by atoms with Crippen molar-refractivity contribution in [3.8, 4) is 0 Å². The van der Waals surface area contributed by atoms with Crippen molar-refractivity contribution in [2.24, 2.45) is 0 Å².